The Morgan fingerprint density at radius 1 is 1.03 bits per heavy atom. The number of carbonyl (C=O) groups excluding carboxylic acids is 2. The zero-order valence-electron chi connectivity index (χ0n) is 18.4. The number of primary amides is 1. The lowest BCUT2D eigenvalue weighted by atomic mass is 9.98. The molecule has 0 saturated carbocycles. The third kappa shape index (κ3) is 6.69. The second kappa shape index (κ2) is 11.2. The first kappa shape index (κ1) is 24.5. The van der Waals surface area contributed by atoms with Crippen LogP contribution in [0.4, 0.5) is 0 Å². The van der Waals surface area contributed by atoms with Crippen LogP contribution < -0.4 is 15.2 Å². The molecule has 178 valence electrons. The predicted molar refractivity (Wildman–Crippen MR) is 120 cm³/mol. The molecule has 2 N–H and O–H groups in total. The first-order chi connectivity index (χ1) is 15.8. The van der Waals surface area contributed by atoms with E-state index in [9.17, 15) is 18.0 Å². The number of amides is 1. The van der Waals surface area contributed by atoms with E-state index < -0.39 is 15.9 Å². The summed E-state index contributed by atoms with van der Waals surface area (Å²) in [7, 11) is -3.64. The van der Waals surface area contributed by atoms with Crippen molar-refractivity contribution in [3.63, 3.8) is 0 Å². The number of sulfonamides is 1. The van der Waals surface area contributed by atoms with Crippen molar-refractivity contribution in [1.29, 1.82) is 0 Å². The molecular weight excluding hydrogens is 448 g/mol. The fourth-order valence-corrected chi connectivity index (χ4v) is 4.98. The van der Waals surface area contributed by atoms with E-state index in [0.29, 0.717) is 36.5 Å². The van der Waals surface area contributed by atoms with E-state index in [4.69, 9.17) is 19.9 Å². The van der Waals surface area contributed by atoms with Gasteiger partial charge in [0.15, 0.2) is 6.61 Å². The van der Waals surface area contributed by atoms with Crippen molar-refractivity contribution in [2.24, 2.45) is 11.7 Å². The van der Waals surface area contributed by atoms with Crippen molar-refractivity contribution in [2.75, 3.05) is 26.3 Å². The zero-order valence-corrected chi connectivity index (χ0v) is 19.3. The maximum atomic E-state index is 12.9. The highest BCUT2D eigenvalue weighted by molar-refractivity contribution is 7.89. The summed E-state index contributed by atoms with van der Waals surface area (Å²) in [4.78, 5) is 23.5. The average Bonchev–Trinajstić information content (AvgIpc) is 2.82. The molecule has 0 atom stereocenters. The SMILES string of the molecule is CCOc1ccc(S(=O)(=O)N2CCC(C(=O)OCc3cccc(OCC(N)=O)c3)CC2)cc1. The van der Waals surface area contributed by atoms with Crippen LogP contribution >= 0.6 is 0 Å². The highest BCUT2D eigenvalue weighted by atomic mass is 32.2. The standard InChI is InChI=1S/C23H28N2O7S/c1-2-30-19-6-8-21(9-7-19)33(28,29)25-12-10-18(11-13-25)23(27)32-15-17-4-3-5-20(14-17)31-16-22(24)26/h3-9,14,18H,2,10-13,15-16H2,1H3,(H2,24,26). The molecule has 1 aliphatic rings. The van der Waals surface area contributed by atoms with Crippen LogP contribution in [-0.2, 0) is 31.0 Å². The molecule has 0 aromatic heterocycles. The Balaban J connectivity index is 1.50. The normalized spacial score (nSPS) is 15.1. The molecule has 3 rings (SSSR count). The number of esters is 1. The number of carbonyl (C=O) groups is 2. The molecule has 0 spiro atoms. The average molecular weight is 477 g/mol. The molecule has 1 saturated heterocycles. The summed E-state index contributed by atoms with van der Waals surface area (Å²) in [5.74, 6) is -0.247. The van der Waals surface area contributed by atoms with Crippen LogP contribution in [-0.4, -0.2) is 50.9 Å². The number of nitrogens with zero attached hydrogens (tertiary/aromatic N) is 1. The second-order valence-corrected chi connectivity index (χ2v) is 9.53. The van der Waals surface area contributed by atoms with Gasteiger partial charge in [-0.25, -0.2) is 8.42 Å². The topological polar surface area (TPSA) is 125 Å². The molecule has 2 aromatic rings. The monoisotopic (exact) mass is 476 g/mol. The number of hydrogen-bond acceptors (Lipinski definition) is 7. The molecule has 9 nitrogen and oxygen atoms in total. The Morgan fingerprint density at radius 2 is 1.73 bits per heavy atom. The molecule has 0 unspecified atom stereocenters. The zero-order chi connectivity index (χ0) is 23.8. The van der Waals surface area contributed by atoms with Gasteiger partial charge in [0.25, 0.3) is 5.91 Å². The maximum Gasteiger partial charge on any atom is 0.309 e. The van der Waals surface area contributed by atoms with Crippen molar-refractivity contribution in [2.45, 2.75) is 31.3 Å². The molecule has 10 heteroatoms. The second-order valence-electron chi connectivity index (χ2n) is 7.59. The van der Waals surface area contributed by atoms with Gasteiger partial charge in [-0.15, -0.1) is 0 Å². The van der Waals surface area contributed by atoms with Gasteiger partial charge in [0.1, 0.15) is 18.1 Å². The van der Waals surface area contributed by atoms with Crippen LogP contribution in [0.5, 0.6) is 11.5 Å². The third-order valence-corrected chi connectivity index (χ3v) is 7.13. The number of benzene rings is 2. The maximum absolute atomic E-state index is 12.9. The minimum absolute atomic E-state index is 0.0529. The molecular formula is C23H28N2O7S. The van der Waals surface area contributed by atoms with Crippen LogP contribution in [0, 0.1) is 5.92 Å². The van der Waals surface area contributed by atoms with E-state index in [-0.39, 0.29) is 43.1 Å². The Labute approximate surface area is 193 Å². The number of piperidine rings is 1. The number of hydrogen-bond donors (Lipinski definition) is 1. The van der Waals surface area contributed by atoms with Crippen molar-refractivity contribution in [1.82, 2.24) is 4.31 Å². The molecule has 0 bridgehead atoms. The number of ether oxygens (including phenoxy) is 3. The van der Waals surface area contributed by atoms with E-state index in [2.05, 4.69) is 0 Å². The largest absolute Gasteiger partial charge is 0.494 e. The van der Waals surface area contributed by atoms with Gasteiger partial charge < -0.3 is 19.9 Å². The molecule has 33 heavy (non-hydrogen) atoms. The van der Waals surface area contributed by atoms with Gasteiger partial charge in [0.2, 0.25) is 10.0 Å². The Kier molecular flexibility index (Phi) is 8.29. The predicted octanol–water partition coefficient (Wildman–Crippen LogP) is 2.09. The van der Waals surface area contributed by atoms with Crippen molar-refractivity contribution in [3.05, 3.63) is 54.1 Å². The van der Waals surface area contributed by atoms with E-state index in [1.165, 1.54) is 16.4 Å². The van der Waals surface area contributed by atoms with Gasteiger partial charge in [0, 0.05) is 13.1 Å². The van der Waals surface area contributed by atoms with E-state index >= 15 is 0 Å². The first-order valence-electron chi connectivity index (χ1n) is 10.7. The summed E-state index contributed by atoms with van der Waals surface area (Å²) in [5.41, 5.74) is 5.78. The Hall–Kier alpha value is -3.11. The fraction of sp³-hybridized carbons (Fsp3) is 0.391. The van der Waals surface area contributed by atoms with Gasteiger partial charge in [-0.3, -0.25) is 9.59 Å². The lowest BCUT2D eigenvalue weighted by Gasteiger charge is -2.30. The molecule has 2 aromatic carbocycles. The van der Waals surface area contributed by atoms with Gasteiger partial charge >= 0.3 is 5.97 Å². The van der Waals surface area contributed by atoms with Gasteiger partial charge in [0.05, 0.1) is 17.4 Å². The number of rotatable bonds is 10. The summed E-state index contributed by atoms with van der Waals surface area (Å²) in [6.45, 7) is 2.67. The molecule has 1 aliphatic heterocycles. The van der Waals surface area contributed by atoms with Gasteiger partial charge in [-0.05, 0) is 61.7 Å². The van der Waals surface area contributed by atoms with Crippen LogP contribution in [0.25, 0.3) is 0 Å². The van der Waals surface area contributed by atoms with E-state index in [0.717, 1.165) is 0 Å². The number of nitrogens with two attached hydrogens (primary N) is 1. The minimum atomic E-state index is -3.64. The molecule has 0 aliphatic carbocycles. The molecule has 0 radical (unpaired) electrons. The van der Waals surface area contributed by atoms with Crippen molar-refractivity contribution >= 4 is 21.9 Å². The lowest BCUT2D eigenvalue weighted by Crippen LogP contribution is -2.40. The summed E-state index contributed by atoms with van der Waals surface area (Å²) in [6, 6.07) is 13.2. The molecule has 1 amide bonds. The van der Waals surface area contributed by atoms with Crippen molar-refractivity contribution in [3.8, 4) is 11.5 Å². The smallest absolute Gasteiger partial charge is 0.309 e. The molecule has 1 fully saturated rings. The van der Waals surface area contributed by atoms with E-state index in [1.807, 2.05) is 6.92 Å². The van der Waals surface area contributed by atoms with Crippen LogP contribution in [0.1, 0.15) is 25.3 Å². The van der Waals surface area contributed by atoms with Gasteiger partial charge in [-0.1, -0.05) is 12.1 Å². The van der Waals surface area contributed by atoms with E-state index in [1.54, 1.807) is 36.4 Å². The summed E-state index contributed by atoms with van der Waals surface area (Å²) in [5, 5.41) is 0. The lowest BCUT2D eigenvalue weighted by molar-refractivity contribution is -0.151. The summed E-state index contributed by atoms with van der Waals surface area (Å²) in [6.07, 6.45) is 0.772. The summed E-state index contributed by atoms with van der Waals surface area (Å²) < 4.78 is 43.2. The molecule has 1 heterocycles. The van der Waals surface area contributed by atoms with Crippen LogP contribution in [0.3, 0.4) is 0 Å². The highest BCUT2D eigenvalue weighted by Crippen LogP contribution is 2.26. The highest BCUT2D eigenvalue weighted by Gasteiger charge is 2.32. The van der Waals surface area contributed by atoms with Crippen molar-refractivity contribution < 1.29 is 32.2 Å². The van der Waals surface area contributed by atoms with Crippen LogP contribution in [0.2, 0.25) is 0 Å². The summed E-state index contributed by atoms with van der Waals surface area (Å²) >= 11 is 0. The van der Waals surface area contributed by atoms with Crippen LogP contribution in [0.15, 0.2) is 53.4 Å². The Morgan fingerprint density at radius 3 is 2.36 bits per heavy atom. The minimum Gasteiger partial charge on any atom is -0.494 e. The third-order valence-electron chi connectivity index (χ3n) is 5.22. The Bertz CT molecular complexity index is 1060. The van der Waals surface area contributed by atoms with Gasteiger partial charge in [-0.2, -0.15) is 4.31 Å². The fourth-order valence-electron chi connectivity index (χ4n) is 3.51. The quantitative estimate of drug-likeness (QED) is 0.521. The first-order valence-corrected chi connectivity index (χ1v) is 12.1.